The highest BCUT2D eigenvalue weighted by atomic mass is 19.4. The molecule has 2 aromatic carbocycles. The lowest BCUT2D eigenvalue weighted by atomic mass is 10.1. The number of halogens is 3. The van der Waals surface area contributed by atoms with Crippen LogP contribution in [0.1, 0.15) is 18.1 Å². The minimum Gasteiger partial charge on any atom is -0.496 e. The number of anilines is 1. The Morgan fingerprint density at radius 2 is 1.70 bits per heavy atom. The second kappa shape index (κ2) is 11.5. The van der Waals surface area contributed by atoms with Crippen LogP contribution in [0.4, 0.5) is 19.0 Å². The Labute approximate surface area is 188 Å². The van der Waals surface area contributed by atoms with Crippen LogP contribution in [0, 0.1) is 0 Å². The first-order chi connectivity index (χ1) is 15.6. The molecule has 0 atom stereocenters. The summed E-state index contributed by atoms with van der Waals surface area (Å²) < 4.78 is 43.2. The number of aromatic nitrogens is 1. The normalized spacial score (nSPS) is 11.2. The van der Waals surface area contributed by atoms with Crippen LogP contribution in [-0.4, -0.2) is 29.1 Å². The zero-order valence-electron chi connectivity index (χ0n) is 17.9. The number of carboxylic acid groups (broad SMARTS) is 1. The van der Waals surface area contributed by atoms with Crippen LogP contribution in [0.2, 0.25) is 0 Å². The number of guanidine groups is 1. The number of alkyl halides is 3. The number of aliphatic carboxylic acids is 1. The number of hydrogen-bond donors (Lipinski definition) is 3. The van der Waals surface area contributed by atoms with Gasteiger partial charge in [-0.15, -0.1) is 0 Å². The monoisotopic (exact) mass is 460 g/mol. The molecule has 0 radical (unpaired) electrons. The lowest BCUT2D eigenvalue weighted by Crippen LogP contribution is -2.23. The molecule has 10 heteroatoms. The quantitative estimate of drug-likeness (QED) is 0.373. The fraction of sp³-hybridized carbons (Fsp3) is 0.174. The first-order valence-corrected chi connectivity index (χ1v) is 9.62. The number of methoxy groups -OCH3 is 1. The number of carboxylic acids is 1. The topological polar surface area (TPSA) is 110 Å². The van der Waals surface area contributed by atoms with Gasteiger partial charge in [0.15, 0.2) is 5.96 Å². The van der Waals surface area contributed by atoms with Crippen molar-refractivity contribution < 1.29 is 27.8 Å². The van der Waals surface area contributed by atoms with Crippen molar-refractivity contribution in [2.45, 2.75) is 19.6 Å². The largest absolute Gasteiger partial charge is 0.496 e. The molecule has 174 valence electrons. The molecule has 33 heavy (non-hydrogen) atoms. The van der Waals surface area contributed by atoms with Crippen molar-refractivity contribution in [2.75, 3.05) is 12.4 Å². The fourth-order valence-corrected chi connectivity index (χ4v) is 2.66. The molecule has 3 rings (SSSR count). The van der Waals surface area contributed by atoms with Crippen molar-refractivity contribution in [2.24, 2.45) is 10.7 Å². The lowest BCUT2D eigenvalue weighted by Gasteiger charge is -2.09. The van der Waals surface area contributed by atoms with E-state index in [4.69, 9.17) is 20.4 Å². The second-order valence-corrected chi connectivity index (χ2v) is 6.66. The van der Waals surface area contributed by atoms with Gasteiger partial charge in [-0.2, -0.15) is 13.2 Å². The maximum absolute atomic E-state index is 12.7. The molecular formula is C23H23F3N4O3. The van der Waals surface area contributed by atoms with E-state index in [2.05, 4.69) is 15.3 Å². The average molecular weight is 460 g/mol. The van der Waals surface area contributed by atoms with Crippen molar-refractivity contribution in [3.8, 4) is 16.9 Å². The molecule has 0 fully saturated rings. The molecule has 7 nitrogen and oxygen atoms in total. The average Bonchev–Trinajstić information content (AvgIpc) is 2.77. The number of nitrogens with zero attached hydrogens (tertiary/aromatic N) is 2. The van der Waals surface area contributed by atoms with E-state index in [-0.39, 0.29) is 5.96 Å². The maximum atomic E-state index is 12.7. The van der Waals surface area contributed by atoms with Gasteiger partial charge in [0.05, 0.1) is 19.2 Å². The van der Waals surface area contributed by atoms with Crippen molar-refractivity contribution in [1.82, 2.24) is 4.98 Å². The van der Waals surface area contributed by atoms with E-state index >= 15 is 0 Å². The second-order valence-electron chi connectivity index (χ2n) is 6.66. The number of carbonyl (C=O) groups is 1. The predicted molar refractivity (Wildman–Crippen MR) is 120 cm³/mol. The number of benzene rings is 2. The summed E-state index contributed by atoms with van der Waals surface area (Å²) in [6.45, 7) is 1.42. The third-order valence-corrected chi connectivity index (χ3v) is 4.18. The number of ether oxygens (including phenoxy) is 1. The standard InChI is InChI=1S/C21H19F3N4O.C2H4O2/c1-29-18-5-3-2-4-16(18)13-27-20(25)28-19-11-8-15(12-26-19)14-6-9-17(10-7-14)21(22,23)24;1-2(3)4/h2-12H,13H2,1H3,(H3,25,26,27,28);1H3,(H,3,4). The molecular weight excluding hydrogens is 437 g/mol. The summed E-state index contributed by atoms with van der Waals surface area (Å²) in [6.07, 6.45) is -2.80. The molecule has 4 N–H and O–H groups in total. The zero-order chi connectivity index (χ0) is 24.4. The third-order valence-electron chi connectivity index (χ3n) is 4.18. The van der Waals surface area contributed by atoms with E-state index in [1.807, 2.05) is 24.3 Å². The van der Waals surface area contributed by atoms with Crippen LogP contribution >= 0.6 is 0 Å². The number of nitrogens with two attached hydrogens (primary N) is 1. The van der Waals surface area contributed by atoms with Gasteiger partial charge < -0.3 is 20.9 Å². The van der Waals surface area contributed by atoms with Crippen molar-refractivity contribution in [1.29, 1.82) is 0 Å². The minimum absolute atomic E-state index is 0.186. The lowest BCUT2D eigenvalue weighted by molar-refractivity contribution is -0.137. The van der Waals surface area contributed by atoms with Crippen LogP contribution < -0.4 is 15.8 Å². The number of rotatable bonds is 5. The first kappa shape index (κ1) is 25.2. The number of para-hydroxylation sites is 1. The van der Waals surface area contributed by atoms with Gasteiger partial charge in [-0.25, -0.2) is 9.98 Å². The molecule has 0 saturated carbocycles. The van der Waals surface area contributed by atoms with Crippen LogP contribution in [-0.2, 0) is 17.5 Å². The Balaban J connectivity index is 0.000000890. The maximum Gasteiger partial charge on any atom is 0.416 e. The van der Waals surface area contributed by atoms with Gasteiger partial charge >= 0.3 is 6.18 Å². The van der Waals surface area contributed by atoms with E-state index < -0.39 is 17.7 Å². The van der Waals surface area contributed by atoms with Gasteiger partial charge in [-0.1, -0.05) is 30.3 Å². The number of pyridine rings is 1. The van der Waals surface area contributed by atoms with E-state index in [1.54, 1.807) is 25.4 Å². The summed E-state index contributed by atoms with van der Waals surface area (Å²) >= 11 is 0. The summed E-state index contributed by atoms with van der Waals surface area (Å²) in [6, 6.07) is 15.8. The van der Waals surface area contributed by atoms with Crippen LogP contribution in [0.25, 0.3) is 11.1 Å². The van der Waals surface area contributed by atoms with E-state index in [1.165, 1.54) is 12.1 Å². The molecule has 0 aliphatic heterocycles. The van der Waals surface area contributed by atoms with Crippen molar-refractivity contribution >= 4 is 17.7 Å². The Bertz CT molecular complexity index is 1080. The van der Waals surface area contributed by atoms with E-state index in [0.717, 1.165) is 30.4 Å². The molecule has 1 aromatic heterocycles. The Kier molecular flexibility index (Phi) is 8.79. The van der Waals surface area contributed by atoms with Gasteiger partial charge in [-0.05, 0) is 35.9 Å². The summed E-state index contributed by atoms with van der Waals surface area (Å²) in [7, 11) is 1.59. The highest BCUT2D eigenvalue weighted by molar-refractivity contribution is 5.91. The Morgan fingerprint density at radius 1 is 1.09 bits per heavy atom. The predicted octanol–water partition coefficient (Wildman–Crippen LogP) is 4.79. The van der Waals surface area contributed by atoms with Crippen LogP contribution in [0.5, 0.6) is 5.75 Å². The summed E-state index contributed by atoms with van der Waals surface area (Å²) in [4.78, 5) is 17.5. The molecule has 0 unspecified atom stereocenters. The number of aliphatic imine (C=N–C) groups is 1. The molecule has 0 spiro atoms. The summed E-state index contributed by atoms with van der Waals surface area (Å²) in [5.74, 6) is 0.552. The van der Waals surface area contributed by atoms with Crippen LogP contribution in [0.3, 0.4) is 0 Å². The van der Waals surface area contributed by atoms with Crippen molar-refractivity contribution in [3.63, 3.8) is 0 Å². The molecule has 0 saturated heterocycles. The van der Waals surface area contributed by atoms with Crippen molar-refractivity contribution in [3.05, 3.63) is 78.0 Å². The fourth-order valence-electron chi connectivity index (χ4n) is 2.66. The molecule has 0 aliphatic carbocycles. The molecule has 0 aliphatic rings. The minimum atomic E-state index is -4.36. The third kappa shape index (κ3) is 8.17. The smallest absolute Gasteiger partial charge is 0.416 e. The summed E-state index contributed by atoms with van der Waals surface area (Å²) in [5, 5.41) is 10.3. The number of hydrogen-bond acceptors (Lipinski definition) is 4. The summed E-state index contributed by atoms with van der Waals surface area (Å²) in [5.41, 5.74) is 7.43. The molecule has 0 amide bonds. The Hall–Kier alpha value is -4.08. The van der Waals surface area contributed by atoms with Crippen LogP contribution in [0.15, 0.2) is 71.9 Å². The van der Waals surface area contributed by atoms with Gasteiger partial charge in [-0.3, -0.25) is 4.79 Å². The highest BCUT2D eigenvalue weighted by Crippen LogP contribution is 2.31. The molecule has 0 bridgehead atoms. The van der Waals surface area contributed by atoms with E-state index in [0.29, 0.717) is 23.5 Å². The SMILES string of the molecule is CC(=O)O.COc1ccccc1CN=C(N)Nc1ccc(-c2ccc(C(F)(F)F)cc2)cn1. The van der Waals surface area contributed by atoms with Gasteiger partial charge in [0.1, 0.15) is 11.6 Å². The molecule has 1 heterocycles. The van der Waals surface area contributed by atoms with Gasteiger partial charge in [0.25, 0.3) is 5.97 Å². The van der Waals surface area contributed by atoms with Gasteiger partial charge in [0.2, 0.25) is 0 Å². The number of nitrogens with one attached hydrogen (secondary N) is 1. The molecule has 3 aromatic rings. The Morgan fingerprint density at radius 3 is 2.24 bits per heavy atom. The zero-order valence-corrected chi connectivity index (χ0v) is 17.9. The highest BCUT2D eigenvalue weighted by Gasteiger charge is 2.29. The van der Waals surface area contributed by atoms with E-state index in [9.17, 15) is 13.2 Å². The van der Waals surface area contributed by atoms with Gasteiger partial charge in [0, 0.05) is 24.2 Å². The first-order valence-electron chi connectivity index (χ1n) is 9.62.